The second kappa shape index (κ2) is 5.50. The summed E-state index contributed by atoms with van der Waals surface area (Å²) in [5, 5.41) is 0.676. The number of hydrogen-bond acceptors (Lipinski definition) is 6. The highest BCUT2D eigenvalue weighted by Crippen LogP contribution is 2.39. The molecule has 1 fully saturated rings. The van der Waals surface area contributed by atoms with Crippen LogP contribution in [0.5, 0.6) is 0 Å². The summed E-state index contributed by atoms with van der Waals surface area (Å²) in [6.45, 7) is 5.15. The third kappa shape index (κ3) is 2.64. The Labute approximate surface area is 124 Å². The van der Waals surface area contributed by atoms with Gasteiger partial charge in [0.25, 0.3) is 0 Å². The molecule has 0 aromatic carbocycles. The number of nitrogens with two attached hydrogens (primary N) is 1. The molecule has 20 heavy (non-hydrogen) atoms. The van der Waals surface area contributed by atoms with Gasteiger partial charge >= 0.3 is 0 Å². The Morgan fingerprint density at radius 3 is 2.60 bits per heavy atom. The van der Waals surface area contributed by atoms with E-state index in [1.54, 1.807) is 0 Å². The summed E-state index contributed by atoms with van der Waals surface area (Å²) < 4.78 is 30.2. The summed E-state index contributed by atoms with van der Waals surface area (Å²) in [5.41, 5.74) is 5.82. The molecule has 0 amide bonds. The predicted octanol–water partition coefficient (Wildman–Crippen LogP) is 1.60. The van der Waals surface area contributed by atoms with Gasteiger partial charge in [0, 0.05) is 26.7 Å². The molecule has 0 saturated carbocycles. The van der Waals surface area contributed by atoms with Crippen molar-refractivity contribution in [3.63, 3.8) is 0 Å². The maximum Gasteiger partial charge on any atom is 0.249 e. The van der Waals surface area contributed by atoms with Crippen LogP contribution in [0.4, 0.5) is 10.8 Å². The second-order valence-electron chi connectivity index (χ2n) is 5.67. The Kier molecular flexibility index (Phi) is 4.27. The molecule has 1 aromatic rings. The van der Waals surface area contributed by atoms with Crippen molar-refractivity contribution in [2.24, 2.45) is 5.92 Å². The lowest BCUT2D eigenvalue weighted by molar-refractivity contribution is 0.390. The monoisotopic (exact) mass is 318 g/mol. The van der Waals surface area contributed by atoms with Crippen LogP contribution in [0.15, 0.2) is 4.90 Å². The lowest BCUT2D eigenvalue weighted by Gasteiger charge is -2.37. The fourth-order valence-corrected chi connectivity index (χ4v) is 4.79. The number of hydrogen-bond donors (Lipinski definition) is 1. The standard InChI is InChI=1S/C12H22N4O2S2/c1-8-5-6-9(2)16(7-8)12-10(11(13)14-19-12)20(17,18)15(3)4/h8-9H,5-7H2,1-4H3,(H2,13,14). The normalized spacial score (nSPS) is 24.4. The number of anilines is 2. The van der Waals surface area contributed by atoms with Crippen LogP contribution in [-0.4, -0.2) is 43.8 Å². The molecular weight excluding hydrogens is 296 g/mol. The summed E-state index contributed by atoms with van der Waals surface area (Å²) in [4.78, 5) is 2.30. The summed E-state index contributed by atoms with van der Waals surface area (Å²) in [6, 6.07) is 0.308. The molecule has 1 aliphatic rings. The smallest absolute Gasteiger partial charge is 0.249 e. The van der Waals surface area contributed by atoms with Crippen molar-refractivity contribution in [3.05, 3.63) is 0 Å². The van der Waals surface area contributed by atoms with Crippen LogP contribution >= 0.6 is 11.5 Å². The molecule has 2 heterocycles. The molecule has 114 valence electrons. The van der Waals surface area contributed by atoms with Crippen molar-refractivity contribution >= 4 is 32.4 Å². The average Bonchev–Trinajstić information content (AvgIpc) is 2.74. The quantitative estimate of drug-likeness (QED) is 0.915. The lowest BCUT2D eigenvalue weighted by atomic mass is 9.95. The Morgan fingerprint density at radius 1 is 1.35 bits per heavy atom. The van der Waals surface area contributed by atoms with E-state index in [-0.39, 0.29) is 10.7 Å². The zero-order chi connectivity index (χ0) is 15.1. The third-order valence-electron chi connectivity index (χ3n) is 3.77. The van der Waals surface area contributed by atoms with Crippen molar-refractivity contribution in [2.75, 3.05) is 31.3 Å². The van der Waals surface area contributed by atoms with Crippen LogP contribution in [0, 0.1) is 5.92 Å². The van der Waals surface area contributed by atoms with Crippen molar-refractivity contribution in [2.45, 2.75) is 37.6 Å². The third-order valence-corrected chi connectivity index (χ3v) is 6.68. The molecule has 2 N–H and O–H groups in total. The molecule has 1 saturated heterocycles. The molecule has 6 nitrogen and oxygen atoms in total. The van der Waals surface area contributed by atoms with Gasteiger partial charge in [0.1, 0.15) is 5.00 Å². The molecule has 0 aliphatic carbocycles. The summed E-state index contributed by atoms with van der Waals surface area (Å²) in [5.74, 6) is 0.647. The Balaban J connectivity index is 2.49. The van der Waals surface area contributed by atoms with Crippen molar-refractivity contribution in [1.82, 2.24) is 8.68 Å². The van der Waals surface area contributed by atoms with Gasteiger partial charge in [-0.15, -0.1) is 0 Å². The molecule has 1 aromatic heterocycles. The van der Waals surface area contributed by atoms with Crippen LogP contribution in [0.25, 0.3) is 0 Å². The number of rotatable bonds is 3. The van der Waals surface area contributed by atoms with Gasteiger partial charge < -0.3 is 10.6 Å². The summed E-state index contributed by atoms with van der Waals surface area (Å²) in [6.07, 6.45) is 2.22. The van der Waals surface area contributed by atoms with E-state index in [1.807, 2.05) is 0 Å². The van der Waals surface area contributed by atoms with E-state index in [9.17, 15) is 8.42 Å². The van der Waals surface area contributed by atoms with Crippen LogP contribution in [0.1, 0.15) is 26.7 Å². The van der Waals surface area contributed by atoms with E-state index in [4.69, 9.17) is 5.73 Å². The molecular formula is C12H22N4O2S2. The van der Waals surface area contributed by atoms with E-state index in [0.29, 0.717) is 17.0 Å². The minimum Gasteiger partial charge on any atom is -0.382 e. The first kappa shape index (κ1) is 15.5. The van der Waals surface area contributed by atoms with Crippen molar-refractivity contribution < 1.29 is 8.42 Å². The summed E-state index contributed by atoms with van der Waals surface area (Å²) >= 11 is 1.18. The van der Waals surface area contributed by atoms with Crippen molar-refractivity contribution in [3.8, 4) is 0 Å². The highest BCUT2D eigenvalue weighted by atomic mass is 32.2. The molecule has 2 atom stereocenters. The molecule has 2 rings (SSSR count). The number of nitrogens with zero attached hydrogens (tertiary/aromatic N) is 3. The highest BCUT2D eigenvalue weighted by molar-refractivity contribution is 7.89. The minimum atomic E-state index is -3.57. The number of piperidine rings is 1. The van der Waals surface area contributed by atoms with E-state index in [2.05, 4.69) is 23.1 Å². The van der Waals surface area contributed by atoms with Gasteiger partial charge in [-0.25, -0.2) is 12.7 Å². The van der Waals surface area contributed by atoms with Crippen molar-refractivity contribution in [1.29, 1.82) is 0 Å². The van der Waals surface area contributed by atoms with Crippen LogP contribution in [0.2, 0.25) is 0 Å². The van der Waals surface area contributed by atoms with Gasteiger partial charge in [0.2, 0.25) is 10.0 Å². The molecule has 8 heteroatoms. The first-order chi connectivity index (χ1) is 9.25. The highest BCUT2D eigenvalue weighted by Gasteiger charge is 2.33. The Bertz CT molecular complexity index is 582. The minimum absolute atomic E-state index is 0.101. The molecule has 0 radical (unpaired) electrons. The van der Waals surface area contributed by atoms with E-state index < -0.39 is 10.0 Å². The largest absolute Gasteiger partial charge is 0.382 e. The average molecular weight is 318 g/mol. The second-order valence-corrected chi connectivity index (χ2v) is 8.51. The van der Waals surface area contributed by atoms with Crippen LogP contribution < -0.4 is 10.6 Å². The van der Waals surface area contributed by atoms with Gasteiger partial charge in [0.05, 0.1) is 0 Å². The number of nitrogen functional groups attached to an aromatic ring is 1. The fraction of sp³-hybridized carbons (Fsp3) is 0.750. The molecule has 0 bridgehead atoms. The molecule has 0 spiro atoms. The Morgan fingerprint density at radius 2 is 2.00 bits per heavy atom. The Hall–Kier alpha value is -0.860. The topological polar surface area (TPSA) is 79.5 Å². The van der Waals surface area contributed by atoms with Gasteiger partial charge in [-0.1, -0.05) is 6.92 Å². The first-order valence-electron chi connectivity index (χ1n) is 6.69. The van der Waals surface area contributed by atoms with Crippen LogP contribution in [0.3, 0.4) is 0 Å². The summed E-state index contributed by atoms with van der Waals surface area (Å²) in [7, 11) is -0.546. The molecule has 1 aliphatic heterocycles. The zero-order valence-corrected chi connectivity index (χ0v) is 14.0. The van der Waals surface area contributed by atoms with E-state index in [1.165, 1.54) is 36.4 Å². The van der Waals surface area contributed by atoms with Gasteiger partial charge in [0.15, 0.2) is 10.7 Å². The van der Waals surface area contributed by atoms with Crippen LogP contribution in [-0.2, 0) is 10.0 Å². The first-order valence-corrected chi connectivity index (χ1v) is 8.90. The fourth-order valence-electron chi connectivity index (χ4n) is 2.46. The predicted molar refractivity (Wildman–Crippen MR) is 82.6 cm³/mol. The van der Waals surface area contributed by atoms with Gasteiger partial charge in [-0.3, -0.25) is 0 Å². The van der Waals surface area contributed by atoms with Gasteiger partial charge in [-0.2, -0.15) is 4.37 Å². The number of aromatic nitrogens is 1. The van der Waals surface area contributed by atoms with Gasteiger partial charge in [-0.05, 0) is 37.2 Å². The lowest BCUT2D eigenvalue weighted by Crippen LogP contribution is -2.41. The maximum absolute atomic E-state index is 12.5. The zero-order valence-electron chi connectivity index (χ0n) is 12.3. The molecule has 2 unspecified atom stereocenters. The van der Waals surface area contributed by atoms with E-state index >= 15 is 0 Å². The SMILES string of the molecule is CC1CCC(C)N(c2snc(N)c2S(=O)(=O)N(C)C)C1. The van der Waals surface area contributed by atoms with E-state index in [0.717, 1.165) is 13.0 Å². The maximum atomic E-state index is 12.5. The number of sulfonamides is 1.